The molecule has 1 aliphatic rings. The molecule has 0 radical (unpaired) electrons. The van der Waals surface area contributed by atoms with E-state index >= 15 is 0 Å². The number of anilines is 1. The molecule has 31 heavy (non-hydrogen) atoms. The Morgan fingerprint density at radius 3 is 2.58 bits per heavy atom. The number of halogens is 1. The molecule has 3 heterocycles. The summed E-state index contributed by atoms with van der Waals surface area (Å²) in [4.78, 5) is 6.69. The Balaban J connectivity index is 1.69. The van der Waals surface area contributed by atoms with Gasteiger partial charge in [0.2, 0.25) is 0 Å². The first kappa shape index (κ1) is 19.5. The zero-order chi connectivity index (χ0) is 21.4. The molecule has 1 saturated heterocycles. The second kappa shape index (κ2) is 7.96. The Morgan fingerprint density at radius 1 is 0.968 bits per heavy atom. The highest BCUT2D eigenvalue weighted by Crippen LogP contribution is 2.42. The van der Waals surface area contributed by atoms with Crippen LogP contribution in [0.2, 0.25) is 0 Å². The van der Waals surface area contributed by atoms with Crippen LogP contribution in [0.15, 0.2) is 91.3 Å². The molecule has 0 bridgehead atoms. The molecule has 2 atom stereocenters. The standard InChI is InChI=1S/C25H21FN4S/c1-17-8-6-9-18(16-17)30-24(23(28-25(30)31)20-11-4-5-14-27-20)22-13-7-15-29(22)21-12-3-2-10-19(21)26/h2-16,23-24H,1H3,(H,28,31)/t23-,24+/m0/s1. The Kier molecular flexibility index (Phi) is 5.00. The van der Waals surface area contributed by atoms with Gasteiger partial charge in [-0.1, -0.05) is 30.3 Å². The third-order valence-electron chi connectivity index (χ3n) is 5.57. The van der Waals surface area contributed by atoms with Crippen LogP contribution in [0.1, 0.15) is 29.0 Å². The van der Waals surface area contributed by atoms with Gasteiger partial charge in [-0.25, -0.2) is 4.39 Å². The molecule has 1 fully saturated rings. The maximum Gasteiger partial charge on any atom is 0.174 e. The van der Waals surface area contributed by atoms with Crippen LogP contribution in [0.25, 0.3) is 5.69 Å². The number of pyridine rings is 1. The molecule has 5 rings (SSSR count). The number of thiocarbonyl (C=S) groups is 1. The molecule has 1 N–H and O–H groups in total. The third-order valence-corrected chi connectivity index (χ3v) is 5.89. The number of nitrogens with one attached hydrogen (secondary N) is 1. The van der Waals surface area contributed by atoms with Crippen LogP contribution in [0, 0.1) is 12.7 Å². The van der Waals surface area contributed by atoms with Crippen LogP contribution in [-0.4, -0.2) is 14.7 Å². The molecule has 4 aromatic rings. The molecule has 0 unspecified atom stereocenters. The molecule has 4 nitrogen and oxygen atoms in total. The van der Waals surface area contributed by atoms with Crippen LogP contribution < -0.4 is 10.2 Å². The summed E-state index contributed by atoms with van der Waals surface area (Å²) < 4.78 is 16.6. The Bertz CT molecular complexity index is 1240. The number of hydrogen-bond acceptors (Lipinski definition) is 2. The Hall–Kier alpha value is -3.51. The maximum atomic E-state index is 14.7. The molecule has 0 saturated carbocycles. The van der Waals surface area contributed by atoms with Crippen LogP contribution >= 0.6 is 12.2 Å². The predicted molar refractivity (Wildman–Crippen MR) is 125 cm³/mol. The van der Waals surface area contributed by atoms with E-state index in [1.807, 2.05) is 59.3 Å². The fraction of sp³-hybridized carbons (Fsp3) is 0.120. The van der Waals surface area contributed by atoms with E-state index in [1.165, 1.54) is 6.07 Å². The lowest BCUT2D eigenvalue weighted by molar-refractivity contribution is 0.544. The predicted octanol–water partition coefficient (Wildman–Crippen LogP) is 5.50. The largest absolute Gasteiger partial charge is 0.351 e. The third kappa shape index (κ3) is 3.49. The van der Waals surface area contributed by atoms with E-state index in [0.717, 1.165) is 22.6 Å². The summed E-state index contributed by atoms with van der Waals surface area (Å²) in [6.45, 7) is 2.06. The Labute approximate surface area is 186 Å². The van der Waals surface area contributed by atoms with E-state index < -0.39 is 0 Å². The molecule has 1 aliphatic heterocycles. The van der Waals surface area contributed by atoms with Crippen molar-refractivity contribution in [3.8, 4) is 5.69 Å². The number of hydrogen-bond donors (Lipinski definition) is 1. The van der Waals surface area contributed by atoms with Crippen molar-refractivity contribution < 1.29 is 4.39 Å². The summed E-state index contributed by atoms with van der Waals surface area (Å²) in [5.74, 6) is -0.273. The zero-order valence-electron chi connectivity index (χ0n) is 16.9. The van der Waals surface area contributed by atoms with Gasteiger partial charge < -0.3 is 14.8 Å². The molecule has 0 aliphatic carbocycles. The van der Waals surface area contributed by atoms with Crippen LogP contribution in [0.4, 0.5) is 10.1 Å². The van der Waals surface area contributed by atoms with Gasteiger partial charge in [0, 0.05) is 23.8 Å². The molecule has 2 aromatic carbocycles. The van der Waals surface area contributed by atoms with E-state index in [0.29, 0.717) is 10.8 Å². The smallest absolute Gasteiger partial charge is 0.174 e. The van der Waals surface area contributed by atoms with Gasteiger partial charge in [-0.2, -0.15) is 0 Å². The minimum Gasteiger partial charge on any atom is -0.351 e. The average Bonchev–Trinajstić information content (AvgIpc) is 3.39. The van der Waals surface area contributed by atoms with E-state index in [2.05, 4.69) is 34.3 Å². The van der Waals surface area contributed by atoms with Gasteiger partial charge in [-0.3, -0.25) is 4.98 Å². The van der Waals surface area contributed by atoms with Crippen LogP contribution in [-0.2, 0) is 0 Å². The second-order valence-corrected chi connectivity index (χ2v) is 7.98. The van der Waals surface area contributed by atoms with E-state index in [1.54, 1.807) is 18.3 Å². The lowest BCUT2D eigenvalue weighted by Gasteiger charge is -2.29. The molecule has 0 spiro atoms. The van der Waals surface area contributed by atoms with E-state index in [9.17, 15) is 4.39 Å². The fourth-order valence-corrected chi connectivity index (χ4v) is 4.56. The van der Waals surface area contributed by atoms with Crippen molar-refractivity contribution in [1.82, 2.24) is 14.9 Å². The van der Waals surface area contributed by atoms with Gasteiger partial charge in [-0.15, -0.1) is 0 Å². The average molecular weight is 429 g/mol. The van der Waals surface area contributed by atoms with Crippen LogP contribution in [0.3, 0.4) is 0 Å². The molecule has 2 aromatic heterocycles. The van der Waals surface area contributed by atoms with Crippen molar-refractivity contribution in [2.75, 3.05) is 4.90 Å². The highest BCUT2D eigenvalue weighted by molar-refractivity contribution is 7.80. The van der Waals surface area contributed by atoms with Gasteiger partial charge in [0.05, 0.1) is 17.4 Å². The number of para-hydroxylation sites is 1. The number of aryl methyl sites for hydroxylation is 1. The second-order valence-electron chi connectivity index (χ2n) is 7.59. The summed E-state index contributed by atoms with van der Waals surface area (Å²) >= 11 is 5.78. The van der Waals surface area contributed by atoms with E-state index in [4.69, 9.17) is 12.2 Å². The number of aromatic nitrogens is 2. The quantitative estimate of drug-likeness (QED) is 0.435. The number of benzene rings is 2. The van der Waals surface area contributed by atoms with Crippen molar-refractivity contribution in [3.05, 3.63) is 114 Å². The first-order valence-electron chi connectivity index (χ1n) is 10.1. The maximum absolute atomic E-state index is 14.7. The summed E-state index contributed by atoms with van der Waals surface area (Å²) in [6, 6.07) is 24.5. The number of rotatable bonds is 4. The van der Waals surface area contributed by atoms with Gasteiger partial charge in [0.1, 0.15) is 11.9 Å². The van der Waals surface area contributed by atoms with Gasteiger partial charge in [0.25, 0.3) is 0 Å². The van der Waals surface area contributed by atoms with Crippen molar-refractivity contribution in [2.45, 2.75) is 19.0 Å². The summed E-state index contributed by atoms with van der Waals surface area (Å²) in [7, 11) is 0. The normalized spacial score (nSPS) is 18.3. The van der Waals surface area contributed by atoms with Crippen molar-refractivity contribution in [1.29, 1.82) is 0 Å². The van der Waals surface area contributed by atoms with Gasteiger partial charge in [-0.05, 0) is 73.2 Å². The highest BCUT2D eigenvalue weighted by Gasteiger charge is 2.42. The Morgan fingerprint density at radius 2 is 1.81 bits per heavy atom. The SMILES string of the molecule is Cc1cccc(N2C(=S)N[C@@H](c3ccccn3)[C@H]2c2cccn2-c2ccccc2F)c1. The molecular weight excluding hydrogens is 407 g/mol. The first-order chi connectivity index (χ1) is 15.1. The number of nitrogens with zero attached hydrogens (tertiary/aromatic N) is 3. The molecule has 6 heteroatoms. The molecular formula is C25H21FN4S. The minimum absolute atomic E-state index is 0.186. The summed E-state index contributed by atoms with van der Waals surface area (Å²) in [6.07, 6.45) is 3.67. The minimum atomic E-state index is -0.273. The monoisotopic (exact) mass is 428 g/mol. The zero-order valence-corrected chi connectivity index (χ0v) is 17.8. The first-order valence-corrected chi connectivity index (χ1v) is 10.5. The lowest BCUT2D eigenvalue weighted by atomic mass is 10.0. The lowest BCUT2D eigenvalue weighted by Crippen LogP contribution is -2.30. The van der Waals surface area contributed by atoms with Crippen molar-refractivity contribution >= 4 is 23.0 Å². The van der Waals surface area contributed by atoms with Crippen LogP contribution in [0.5, 0.6) is 0 Å². The topological polar surface area (TPSA) is 33.1 Å². The van der Waals surface area contributed by atoms with E-state index in [-0.39, 0.29) is 17.9 Å². The summed E-state index contributed by atoms with van der Waals surface area (Å²) in [5.41, 5.74) is 4.44. The van der Waals surface area contributed by atoms with Gasteiger partial charge in [0.15, 0.2) is 5.11 Å². The van der Waals surface area contributed by atoms with Crippen molar-refractivity contribution in [2.24, 2.45) is 0 Å². The van der Waals surface area contributed by atoms with Crippen molar-refractivity contribution in [3.63, 3.8) is 0 Å². The highest BCUT2D eigenvalue weighted by atomic mass is 32.1. The van der Waals surface area contributed by atoms with Gasteiger partial charge >= 0.3 is 0 Å². The molecule has 154 valence electrons. The summed E-state index contributed by atoms with van der Waals surface area (Å²) in [5, 5.41) is 4.08. The fourth-order valence-electron chi connectivity index (χ4n) is 4.21. The molecule has 0 amide bonds.